The van der Waals surface area contributed by atoms with Crippen LogP contribution in [-0.4, -0.2) is 61.0 Å². The Hall–Kier alpha value is -1.92. The molecule has 23 heavy (non-hydrogen) atoms. The second-order valence-corrected chi connectivity index (χ2v) is 6.24. The van der Waals surface area contributed by atoms with E-state index < -0.39 is 0 Å². The molecule has 6 nitrogen and oxygen atoms in total. The fourth-order valence-corrected chi connectivity index (χ4v) is 3.54. The van der Waals surface area contributed by atoms with Crippen molar-refractivity contribution in [2.24, 2.45) is 5.92 Å². The lowest BCUT2D eigenvalue weighted by Crippen LogP contribution is -2.56. The molecule has 124 valence electrons. The Kier molecular flexibility index (Phi) is 5.25. The number of nitrogens with one attached hydrogen (secondary N) is 2. The molecule has 6 heteroatoms. The molecule has 0 spiro atoms. The third kappa shape index (κ3) is 3.89. The van der Waals surface area contributed by atoms with Crippen LogP contribution in [0.3, 0.4) is 0 Å². The molecular weight excluding hydrogens is 292 g/mol. The van der Waals surface area contributed by atoms with Gasteiger partial charge in [-0.25, -0.2) is 0 Å². The Balaban J connectivity index is 1.65. The molecule has 0 aliphatic carbocycles. The van der Waals surface area contributed by atoms with Crippen LogP contribution in [-0.2, 0) is 16.1 Å². The minimum atomic E-state index is -0.0562. The maximum atomic E-state index is 12.4. The number of hydrogen-bond acceptors (Lipinski definition) is 4. The molecule has 2 aliphatic rings. The second-order valence-electron chi connectivity index (χ2n) is 6.24. The summed E-state index contributed by atoms with van der Waals surface area (Å²) in [5.74, 6) is 0.321. The fourth-order valence-electron chi connectivity index (χ4n) is 3.54. The Morgan fingerprint density at radius 2 is 2.00 bits per heavy atom. The van der Waals surface area contributed by atoms with Crippen molar-refractivity contribution in [2.75, 3.05) is 32.7 Å². The highest BCUT2D eigenvalue weighted by molar-refractivity contribution is 5.78. The molecular formula is C17H24N4O2. The number of piperazine rings is 1. The summed E-state index contributed by atoms with van der Waals surface area (Å²) >= 11 is 0. The van der Waals surface area contributed by atoms with Gasteiger partial charge in [0, 0.05) is 51.6 Å². The van der Waals surface area contributed by atoms with Crippen LogP contribution in [0.2, 0.25) is 0 Å². The van der Waals surface area contributed by atoms with E-state index in [0.29, 0.717) is 19.5 Å². The smallest absolute Gasteiger partial charge is 0.223 e. The number of hydrogen-bond donors (Lipinski definition) is 2. The zero-order valence-electron chi connectivity index (χ0n) is 13.3. The van der Waals surface area contributed by atoms with Crippen molar-refractivity contribution in [3.8, 4) is 0 Å². The topological polar surface area (TPSA) is 64.7 Å². The largest absolute Gasteiger partial charge is 0.343 e. The first-order valence-corrected chi connectivity index (χ1v) is 8.24. The molecule has 2 saturated heterocycles. The Morgan fingerprint density at radius 3 is 2.70 bits per heavy atom. The number of benzene rings is 1. The van der Waals surface area contributed by atoms with Crippen molar-refractivity contribution in [2.45, 2.75) is 19.1 Å². The van der Waals surface area contributed by atoms with Crippen molar-refractivity contribution in [3.05, 3.63) is 35.9 Å². The number of rotatable bonds is 6. The van der Waals surface area contributed by atoms with Gasteiger partial charge in [0.2, 0.25) is 12.3 Å². The van der Waals surface area contributed by atoms with E-state index in [1.165, 1.54) is 0 Å². The van der Waals surface area contributed by atoms with Crippen molar-refractivity contribution in [1.29, 1.82) is 0 Å². The quantitative estimate of drug-likeness (QED) is 0.726. The van der Waals surface area contributed by atoms with Gasteiger partial charge < -0.3 is 15.5 Å². The summed E-state index contributed by atoms with van der Waals surface area (Å²) in [4.78, 5) is 27.6. The van der Waals surface area contributed by atoms with Crippen LogP contribution in [0.4, 0.5) is 0 Å². The molecule has 3 rings (SSSR count). The van der Waals surface area contributed by atoms with Gasteiger partial charge in [-0.05, 0) is 5.56 Å². The molecule has 0 saturated carbocycles. The molecule has 2 unspecified atom stereocenters. The first-order valence-electron chi connectivity index (χ1n) is 8.24. The maximum Gasteiger partial charge on any atom is 0.223 e. The maximum absolute atomic E-state index is 12.4. The van der Waals surface area contributed by atoms with Gasteiger partial charge in [-0.3, -0.25) is 14.5 Å². The summed E-state index contributed by atoms with van der Waals surface area (Å²) in [6, 6.07) is 10.0. The van der Waals surface area contributed by atoms with Crippen LogP contribution in [0.5, 0.6) is 0 Å². The minimum Gasteiger partial charge on any atom is -0.343 e. The molecule has 1 aromatic carbocycles. The number of carbonyl (C=O) groups is 2. The van der Waals surface area contributed by atoms with Crippen molar-refractivity contribution >= 4 is 12.3 Å². The SMILES string of the molecule is O=CNC(C1CC(=O)N(Cc2ccccc2)C1)N1CCNCC1. The molecule has 2 N–H and O–H groups in total. The van der Waals surface area contributed by atoms with E-state index in [2.05, 4.69) is 15.5 Å². The van der Waals surface area contributed by atoms with Gasteiger partial charge in [0.1, 0.15) is 0 Å². The lowest BCUT2D eigenvalue weighted by atomic mass is 10.0. The highest BCUT2D eigenvalue weighted by Gasteiger charge is 2.37. The Morgan fingerprint density at radius 1 is 1.26 bits per heavy atom. The van der Waals surface area contributed by atoms with Crippen molar-refractivity contribution in [3.63, 3.8) is 0 Å². The molecule has 2 atom stereocenters. The third-order valence-corrected chi connectivity index (χ3v) is 4.69. The third-order valence-electron chi connectivity index (χ3n) is 4.69. The molecule has 0 aromatic heterocycles. The minimum absolute atomic E-state index is 0.0562. The van der Waals surface area contributed by atoms with Gasteiger partial charge in [0.25, 0.3) is 0 Å². The van der Waals surface area contributed by atoms with Crippen molar-refractivity contribution < 1.29 is 9.59 Å². The van der Waals surface area contributed by atoms with Gasteiger partial charge in [0.05, 0.1) is 6.17 Å². The molecule has 2 amide bonds. The predicted octanol–water partition coefficient (Wildman–Crippen LogP) is 0.0124. The zero-order valence-corrected chi connectivity index (χ0v) is 13.3. The van der Waals surface area contributed by atoms with E-state index in [1.54, 1.807) is 0 Å². The van der Waals surface area contributed by atoms with Gasteiger partial charge in [-0.1, -0.05) is 30.3 Å². The van der Waals surface area contributed by atoms with E-state index >= 15 is 0 Å². The highest BCUT2D eigenvalue weighted by Crippen LogP contribution is 2.25. The van der Waals surface area contributed by atoms with Crippen LogP contribution >= 0.6 is 0 Å². The van der Waals surface area contributed by atoms with E-state index in [1.807, 2.05) is 35.2 Å². The molecule has 1 aromatic rings. The highest BCUT2D eigenvalue weighted by atomic mass is 16.2. The lowest BCUT2D eigenvalue weighted by molar-refractivity contribution is -0.128. The van der Waals surface area contributed by atoms with Crippen LogP contribution in [0.1, 0.15) is 12.0 Å². The molecule has 0 bridgehead atoms. The summed E-state index contributed by atoms with van der Waals surface area (Å²) in [6.07, 6.45) is 1.21. The number of nitrogens with zero attached hydrogens (tertiary/aromatic N) is 2. The van der Waals surface area contributed by atoms with Crippen molar-refractivity contribution in [1.82, 2.24) is 20.4 Å². The fraction of sp³-hybridized carbons (Fsp3) is 0.529. The Bertz CT molecular complexity index is 531. The molecule has 2 heterocycles. The van der Waals surface area contributed by atoms with E-state index in [0.717, 1.165) is 38.2 Å². The van der Waals surface area contributed by atoms with Crippen LogP contribution in [0.15, 0.2) is 30.3 Å². The number of carbonyl (C=O) groups excluding carboxylic acids is 2. The molecule has 2 fully saturated rings. The summed E-state index contributed by atoms with van der Waals surface area (Å²) in [5.41, 5.74) is 1.14. The summed E-state index contributed by atoms with van der Waals surface area (Å²) in [6.45, 7) is 4.98. The van der Waals surface area contributed by atoms with Gasteiger partial charge in [0.15, 0.2) is 0 Å². The van der Waals surface area contributed by atoms with Crippen LogP contribution < -0.4 is 10.6 Å². The first kappa shape index (κ1) is 16.0. The van der Waals surface area contributed by atoms with Crippen LogP contribution in [0.25, 0.3) is 0 Å². The average molecular weight is 316 g/mol. The number of amides is 2. The summed E-state index contributed by atoms with van der Waals surface area (Å²) in [5, 5.41) is 6.26. The monoisotopic (exact) mass is 316 g/mol. The van der Waals surface area contributed by atoms with E-state index in [-0.39, 0.29) is 18.0 Å². The number of likely N-dealkylation sites (tertiary alicyclic amines) is 1. The average Bonchev–Trinajstić information content (AvgIpc) is 2.95. The zero-order chi connectivity index (χ0) is 16.1. The van der Waals surface area contributed by atoms with E-state index in [9.17, 15) is 9.59 Å². The van der Waals surface area contributed by atoms with Crippen LogP contribution in [0, 0.1) is 5.92 Å². The Labute approximate surface area is 136 Å². The first-order chi connectivity index (χ1) is 11.3. The summed E-state index contributed by atoms with van der Waals surface area (Å²) < 4.78 is 0. The van der Waals surface area contributed by atoms with E-state index in [4.69, 9.17) is 0 Å². The predicted molar refractivity (Wildman–Crippen MR) is 87.4 cm³/mol. The standard InChI is InChI=1S/C17H24N4O2/c22-13-19-17(20-8-6-18-7-9-20)15-10-16(23)21(12-15)11-14-4-2-1-3-5-14/h1-5,13,15,17-18H,6-12H2,(H,19,22). The normalized spacial score (nSPS) is 23.7. The molecule has 2 aliphatic heterocycles. The van der Waals surface area contributed by atoms with Gasteiger partial charge >= 0.3 is 0 Å². The van der Waals surface area contributed by atoms with Gasteiger partial charge in [-0.15, -0.1) is 0 Å². The van der Waals surface area contributed by atoms with Gasteiger partial charge in [-0.2, -0.15) is 0 Å². The molecule has 0 radical (unpaired) electrons. The lowest BCUT2D eigenvalue weighted by Gasteiger charge is -2.37. The summed E-state index contributed by atoms with van der Waals surface area (Å²) in [7, 11) is 0. The second kappa shape index (κ2) is 7.57.